The highest BCUT2D eigenvalue weighted by molar-refractivity contribution is 7.92. The van der Waals surface area contributed by atoms with E-state index in [9.17, 15) is 12.8 Å². The van der Waals surface area contributed by atoms with Gasteiger partial charge in [0.2, 0.25) is 10.0 Å². The van der Waals surface area contributed by atoms with Crippen molar-refractivity contribution in [3.63, 3.8) is 0 Å². The number of nitrogens with zero attached hydrogens (tertiary/aromatic N) is 2. The molecule has 2 aromatic carbocycles. The molecule has 0 amide bonds. The molecule has 2 N–H and O–H groups in total. The maximum atomic E-state index is 13.4. The van der Waals surface area contributed by atoms with Crippen LogP contribution in [0.3, 0.4) is 0 Å². The van der Waals surface area contributed by atoms with Gasteiger partial charge in [-0.3, -0.25) is 9.62 Å². The van der Waals surface area contributed by atoms with Crippen LogP contribution in [0.1, 0.15) is 44.2 Å². The van der Waals surface area contributed by atoms with E-state index in [1.165, 1.54) is 18.4 Å². The number of hydrogen-bond donors (Lipinski definition) is 2. The second kappa shape index (κ2) is 10.8. The summed E-state index contributed by atoms with van der Waals surface area (Å²) in [7, 11) is -3.28. The molecular formula is C25H35FN4O2S. The van der Waals surface area contributed by atoms with E-state index in [0.717, 1.165) is 51.3 Å². The SMILES string of the molecule is CCS(=O)(=O)Nc1cccc(N2CCC(NC[C@H](c3ccc(F)cc3)N3CCCC3)CC2)c1. The van der Waals surface area contributed by atoms with Crippen LogP contribution in [0, 0.1) is 5.82 Å². The lowest BCUT2D eigenvalue weighted by molar-refractivity contribution is 0.228. The normalized spacial score (nSPS) is 19.0. The van der Waals surface area contributed by atoms with Crippen molar-refractivity contribution in [1.29, 1.82) is 0 Å². The third-order valence-corrected chi connectivity index (χ3v) is 8.10. The second-order valence-corrected chi connectivity index (χ2v) is 11.0. The van der Waals surface area contributed by atoms with Crippen LogP contribution in [0.5, 0.6) is 0 Å². The van der Waals surface area contributed by atoms with Crippen LogP contribution in [0.4, 0.5) is 15.8 Å². The van der Waals surface area contributed by atoms with Crippen molar-refractivity contribution in [1.82, 2.24) is 10.2 Å². The van der Waals surface area contributed by atoms with Crippen LogP contribution in [0.15, 0.2) is 48.5 Å². The standard InChI is InChI=1S/C25H35FN4O2S/c1-2-33(31,32)28-23-6-5-7-24(18-23)29-16-12-22(13-17-29)27-19-25(30-14-3-4-15-30)20-8-10-21(26)11-9-20/h5-11,18,22,25,27-28H,2-4,12-17,19H2,1H3/t25-/m1/s1. The minimum Gasteiger partial charge on any atom is -0.371 e. The Hall–Kier alpha value is -2.16. The van der Waals surface area contributed by atoms with Gasteiger partial charge in [-0.15, -0.1) is 0 Å². The molecule has 0 radical (unpaired) electrons. The molecule has 2 aliphatic rings. The minimum absolute atomic E-state index is 0.0602. The summed E-state index contributed by atoms with van der Waals surface area (Å²) >= 11 is 0. The summed E-state index contributed by atoms with van der Waals surface area (Å²) in [6.07, 6.45) is 4.51. The molecule has 0 bridgehead atoms. The molecule has 0 saturated carbocycles. The van der Waals surface area contributed by atoms with Crippen LogP contribution < -0.4 is 14.9 Å². The Kier molecular flexibility index (Phi) is 7.88. The zero-order valence-corrected chi connectivity index (χ0v) is 20.2. The average Bonchev–Trinajstić information content (AvgIpc) is 3.35. The lowest BCUT2D eigenvalue weighted by atomic mass is 10.0. The van der Waals surface area contributed by atoms with Crippen molar-refractivity contribution in [3.8, 4) is 0 Å². The second-order valence-electron chi connectivity index (χ2n) is 9.04. The lowest BCUT2D eigenvalue weighted by Crippen LogP contribution is -2.45. The molecule has 6 nitrogen and oxygen atoms in total. The predicted octanol–water partition coefficient (Wildman–Crippen LogP) is 3.98. The van der Waals surface area contributed by atoms with Gasteiger partial charge < -0.3 is 10.2 Å². The summed E-state index contributed by atoms with van der Waals surface area (Å²) in [5.74, 6) is -0.129. The molecular weight excluding hydrogens is 439 g/mol. The summed E-state index contributed by atoms with van der Waals surface area (Å²) in [4.78, 5) is 4.83. The van der Waals surface area contributed by atoms with Crippen LogP contribution in [-0.4, -0.2) is 57.8 Å². The Bertz CT molecular complexity index is 1000. The van der Waals surface area contributed by atoms with Crippen molar-refractivity contribution in [3.05, 3.63) is 59.9 Å². The quantitative estimate of drug-likeness (QED) is 0.576. The minimum atomic E-state index is -3.28. The predicted molar refractivity (Wildman–Crippen MR) is 133 cm³/mol. The molecule has 2 aromatic rings. The first-order valence-corrected chi connectivity index (χ1v) is 13.7. The van der Waals surface area contributed by atoms with E-state index < -0.39 is 10.0 Å². The molecule has 33 heavy (non-hydrogen) atoms. The molecule has 4 rings (SSSR count). The summed E-state index contributed by atoms with van der Waals surface area (Å²) < 4.78 is 39.8. The Morgan fingerprint density at radius 2 is 1.73 bits per heavy atom. The van der Waals surface area contributed by atoms with E-state index in [1.807, 2.05) is 30.3 Å². The highest BCUT2D eigenvalue weighted by atomic mass is 32.2. The summed E-state index contributed by atoms with van der Waals surface area (Å²) in [6, 6.07) is 15.3. The van der Waals surface area contributed by atoms with Crippen molar-refractivity contribution in [2.24, 2.45) is 0 Å². The molecule has 1 atom stereocenters. The van der Waals surface area contributed by atoms with Gasteiger partial charge in [0.1, 0.15) is 5.82 Å². The molecule has 180 valence electrons. The molecule has 0 aromatic heterocycles. The average molecular weight is 475 g/mol. The maximum Gasteiger partial charge on any atom is 0.232 e. The number of likely N-dealkylation sites (tertiary alicyclic amines) is 1. The molecule has 2 aliphatic heterocycles. The van der Waals surface area contributed by atoms with E-state index >= 15 is 0 Å². The Morgan fingerprint density at radius 3 is 2.39 bits per heavy atom. The fourth-order valence-electron chi connectivity index (χ4n) is 4.83. The number of halogens is 1. The number of rotatable bonds is 9. The monoisotopic (exact) mass is 474 g/mol. The van der Waals surface area contributed by atoms with E-state index in [1.54, 1.807) is 25.1 Å². The topological polar surface area (TPSA) is 64.7 Å². The van der Waals surface area contributed by atoms with Crippen molar-refractivity contribution in [2.45, 2.75) is 44.7 Å². The van der Waals surface area contributed by atoms with Gasteiger partial charge >= 0.3 is 0 Å². The molecule has 2 heterocycles. The number of hydrogen-bond acceptors (Lipinski definition) is 5. The first-order valence-electron chi connectivity index (χ1n) is 12.0. The molecule has 0 spiro atoms. The number of anilines is 2. The van der Waals surface area contributed by atoms with Gasteiger partial charge in [-0.2, -0.15) is 0 Å². The molecule has 0 unspecified atom stereocenters. The first-order chi connectivity index (χ1) is 15.9. The summed E-state index contributed by atoms with van der Waals surface area (Å²) in [5.41, 5.74) is 2.84. The van der Waals surface area contributed by atoms with E-state index in [0.29, 0.717) is 11.7 Å². The van der Waals surface area contributed by atoms with E-state index in [4.69, 9.17) is 0 Å². The molecule has 2 fully saturated rings. The van der Waals surface area contributed by atoms with Crippen LogP contribution >= 0.6 is 0 Å². The van der Waals surface area contributed by atoms with Crippen LogP contribution in [0.25, 0.3) is 0 Å². The number of piperidine rings is 1. The lowest BCUT2D eigenvalue weighted by Gasteiger charge is -2.36. The molecule has 0 aliphatic carbocycles. The van der Waals surface area contributed by atoms with Crippen molar-refractivity contribution in [2.75, 3.05) is 48.1 Å². The van der Waals surface area contributed by atoms with Gasteiger partial charge in [-0.25, -0.2) is 12.8 Å². The van der Waals surface area contributed by atoms with Gasteiger partial charge in [-0.05, 0) is 81.6 Å². The smallest absolute Gasteiger partial charge is 0.232 e. The van der Waals surface area contributed by atoms with Gasteiger partial charge in [0, 0.05) is 37.4 Å². The van der Waals surface area contributed by atoms with Crippen molar-refractivity contribution < 1.29 is 12.8 Å². The fourth-order valence-corrected chi connectivity index (χ4v) is 5.46. The van der Waals surface area contributed by atoms with Gasteiger partial charge in [0.15, 0.2) is 0 Å². The molecule has 2 saturated heterocycles. The number of benzene rings is 2. The summed E-state index contributed by atoms with van der Waals surface area (Å²) in [6.45, 7) is 6.54. The van der Waals surface area contributed by atoms with Gasteiger partial charge in [0.25, 0.3) is 0 Å². The van der Waals surface area contributed by atoms with Crippen molar-refractivity contribution >= 4 is 21.4 Å². The Morgan fingerprint density at radius 1 is 1.03 bits per heavy atom. The zero-order valence-electron chi connectivity index (χ0n) is 19.3. The largest absolute Gasteiger partial charge is 0.371 e. The number of nitrogens with one attached hydrogen (secondary N) is 2. The first kappa shape index (κ1) is 24.0. The summed E-state index contributed by atoms with van der Waals surface area (Å²) in [5, 5.41) is 3.78. The Labute approximate surface area is 197 Å². The highest BCUT2D eigenvalue weighted by Crippen LogP contribution is 2.27. The van der Waals surface area contributed by atoms with Gasteiger partial charge in [-0.1, -0.05) is 18.2 Å². The van der Waals surface area contributed by atoms with Gasteiger partial charge in [0.05, 0.1) is 11.4 Å². The van der Waals surface area contributed by atoms with Crippen LogP contribution in [0.2, 0.25) is 0 Å². The van der Waals surface area contributed by atoms with E-state index in [2.05, 4.69) is 19.8 Å². The fraction of sp³-hybridized carbons (Fsp3) is 0.520. The van der Waals surface area contributed by atoms with E-state index in [-0.39, 0.29) is 17.6 Å². The zero-order chi connectivity index (χ0) is 23.3. The Balaban J connectivity index is 1.33. The maximum absolute atomic E-state index is 13.4. The molecule has 8 heteroatoms. The third kappa shape index (κ3) is 6.46. The highest BCUT2D eigenvalue weighted by Gasteiger charge is 2.26. The third-order valence-electron chi connectivity index (χ3n) is 6.80. The van der Waals surface area contributed by atoms with Crippen LogP contribution in [-0.2, 0) is 10.0 Å². The number of sulfonamides is 1.